The first-order valence-electron chi connectivity index (χ1n) is 10.3. The summed E-state index contributed by atoms with van der Waals surface area (Å²) in [6.07, 6.45) is 14.0. The van der Waals surface area contributed by atoms with Crippen LogP contribution in [-0.2, 0) is 0 Å². The fraction of sp³-hybridized carbons (Fsp3) is 1.00. The summed E-state index contributed by atoms with van der Waals surface area (Å²) in [4.78, 5) is 0. The van der Waals surface area contributed by atoms with Gasteiger partial charge in [0.1, 0.15) is 18.2 Å². The Labute approximate surface area is 142 Å². The minimum absolute atomic E-state index is 0.523. The molecule has 2 aliphatic carbocycles. The highest BCUT2D eigenvalue weighted by molar-refractivity contribution is 4.92. The molecule has 23 heavy (non-hydrogen) atoms. The van der Waals surface area contributed by atoms with Crippen molar-refractivity contribution in [3.8, 4) is 0 Å². The zero-order chi connectivity index (χ0) is 16.0. The fourth-order valence-electron chi connectivity index (χ4n) is 6.54. The number of nitrogens with zero attached hydrogens (tertiary/aromatic N) is 2. The first-order chi connectivity index (χ1) is 11.2. The molecule has 4 heteroatoms. The second kappa shape index (κ2) is 6.29. The Morgan fingerprint density at radius 3 is 2.22 bits per heavy atom. The number of quaternary nitrogens is 1. The molecule has 0 amide bonds. The molecule has 4 fully saturated rings. The van der Waals surface area contributed by atoms with Crippen LogP contribution < -0.4 is 10.6 Å². The number of hydrogen-bond donors (Lipinski definition) is 2. The lowest BCUT2D eigenvalue weighted by Gasteiger charge is -2.58. The van der Waals surface area contributed by atoms with E-state index in [0.717, 1.165) is 12.1 Å². The first kappa shape index (κ1) is 16.3. The van der Waals surface area contributed by atoms with Gasteiger partial charge < -0.3 is 5.32 Å². The van der Waals surface area contributed by atoms with Crippen LogP contribution in [0.5, 0.6) is 0 Å². The predicted molar refractivity (Wildman–Crippen MR) is 94.5 cm³/mol. The molecule has 0 aromatic rings. The lowest BCUT2D eigenvalue weighted by Crippen LogP contribution is -2.79. The number of hydrogen-bond acceptors (Lipinski definition) is 3. The van der Waals surface area contributed by atoms with Gasteiger partial charge >= 0.3 is 0 Å². The molecule has 0 bridgehead atoms. The van der Waals surface area contributed by atoms with Gasteiger partial charge in [0.25, 0.3) is 0 Å². The fourth-order valence-corrected chi connectivity index (χ4v) is 6.54. The molecule has 0 aromatic carbocycles. The Morgan fingerprint density at radius 1 is 0.870 bits per heavy atom. The molecule has 4 nitrogen and oxygen atoms in total. The number of piperazine rings is 1. The molecule has 2 saturated carbocycles. The Balaban J connectivity index is 1.76. The van der Waals surface area contributed by atoms with E-state index in [-0.39, 0.29) is 0 Å². The average molecular weight is 322 g/mol. The van der Waals surface area contributed by atoms with Gasteiger partial charge in [-0.25, -0.2) is 9.91 Å². The summed E-state index contributed by atoms with van der Waals surface area (Å²) in [5.74, 6) is 0. The van der Waals surface area contributed by atoms with E-state index in [1.54, 1.807) is 0 Å². The zero-order valence-electron chi connectivity index (χ0n) is 15.4. The summed E-state index contributed by atoms with van der Waals surface area (Å²) in [5, 5.41) is 10.8. The van der Waals surface area contributed by atoms with Gasteiger partial charge in [-0.3, -0.25) is 0 Å². The lowest BCUT2D eigenvalue weighted by atomic mass is 9.89. The van der Waals surface area contributed by atoms with Gasteiger partial charge in [0.2, 0.25) is 0 Å². The van der Waals surface area contributed by atoms with Crippen molar-refractivity contribution >= 4 is 0 Å². The number of fused-ring (bicyclic) bond motifs is 1. The van der Waals surface area contributed by atoms with E-state index in [0.29, 0.717) is 24.4 Å². The van der Waals surface area contributed by atoms with Crippen LogP contribution in [0.25, 0.3) is 0 Å². The summed E-state index contributed by atoms with van der Waals surface area (Å²) >= 11 is 0. The smallest absolute Gasteiger partial charge is 0.178 e. The summed E-state index contributed by atoms with van der Waals surface area (Å²) in [6, 6.07) is 2.91. The standard InChI is InChI=1S/C19H37N4/c1-14-13-20-15(2)19-21-16(3)22(17-9-7-8-10-17)23(14,19)18-11-5-4-6-12-18/h14-21H,4-13H2,1-3H3/q+1/t14?,15?,16-,19?,23?/m1/s1. The molecular weight excluding hydrogens is 284 g/mol. The van der Waals surface area contributed by atoms with Crippen molar-refractivity contribution in [1.29, 1.82) is 0 Å². The van der Waals surface area contributed by atoms with Gasteiger partial charge in [-0.15, -0.1) is 5.01 Å². The molecule has 2 aliphatic heterocycles. The quantitative estimate of drug-likeness (QED) is 0.766. The maximum Gasteiger partial charge on any atom is 0.178 e. The Bertz CT molecular complexity index is 416. The second-order valence-corrected chi connectivity index (χ2v) is 8.74. The minimum Gasteiger partial charge on any atom is -0.302 e. The third kappa shape index (κ3) is 2.40. The van der Waals surface area contributed by atoms with Crippen LogP contribution in [0.2, 0.25) is 0 Å². The first-order valence-corrected chi connectivity index (χ1v) is 10.3. The van der Waals surface area contributed by atoms with E-state index in [1.165, 1.54) is 68.9 Å². The topological polar surface area (TPSA) is 27.3 Å². The Hall–Kier alpha value is -0.160. The second-order valence-electron chi connectivity index (χ2n) is 8.74. The van der Waals surface area contributed by atoms with Gasteiger partial charge in [0, 0.05) is 19.4 Å². The van der Waals surface area contributed by atoms with Crippen LogP contribution >= 0.6 is 0 Å². The summed E-state index contributed by atoms with van der Waals surface area (Å²) in [5.41, 5.74) is 0. The van der Waals surface area contributed by atoms with Crippen molar-refractivity contribution < 1.29 is 4.59 Å². The largest absolute Gasteiger partial charge is 0.302 e. The van der Waals surface area contributed by atoms with Crippen LogP contribution in [0.15, 0.2) is 0 Å². The summed E-state index contributed by atoms with van der Waals surface area (Å²) in [6.45, 7) is 8.52. The Kier molecular flexibility index (Phi) is 4.46. The lowest BCUT2D eigenvalue weighted by molar-refractivity contribution is -1.09. The molecule has 0 spiro atoms. The predicted octanol–water partition coefficient (Wildman–Crippen LogP) is 2.95. The van der Waals surface area contributed by atoms with Gasteiger partial charge in [0.05, 0.1) is 12.1 Å². The third-order valence-corrected chi connectivity index (χ3v) is 7.43. The molecule has 0 radical (unpaired) electrons. The van der Waals surface area contributed by atoms with E-state index in [1.807, 2.05) is 0 Å². The van der Waals surface area contributed by atoms with Crippen LogP contribution in [0.1, 0.15) is 78.6 Å². The summed E-state index contributed by atoms with van der Waals surface area (Å²) in [7, 11) is 0. The minimum atomic E-state index is 0.523. The molecule has 132 valence electrons. The normalized spacial score (nSPS) is 47.1. The van der Waals surface area contributed by atoms with E-state index in [2.05, 4.69) is 36.4 Å². The van der Waals surface area contributed by atoms with Crippen molar-refractivity contribution in [2.45, 2.75) is 115 Å². The number of nitrogens with one attached hydrogen (secondary N) is 2. The zero-order valence-corrected chi connectivity index (χ0v) is 15.4. The summed E-state index contributed by atoms with van der Waals surface area (Å²) < 4.78 is 1.26. The molecule has 4 aliphatic rings. The average Bonchev–Trinajstić information content (AvgIpc) is 3.18. The monoisotopic (exact) mass is 321 g/mol. The van der Waals surface area contributed by atoms with Crippen molar-refractivity contribution in [2.75, 3.05) is 6.54 Å². The van der Waals surface area contributed by atoms with E-state index >= 15 is 0 Å². The van der Waals surface area contributed by atoms with Crippen molar-refractivity contribution in [3.63, 3.8) is 0 Å². The maximum absolute atomic E-state index is 4.04. The van der Waals surface area contributed by atoms with Crippen LogP contribution in [-0.4, -0.2) is 52.6 Å². The van der Waals surface area contributed by atoms with Crippen molar-refractivity contribution in [1.82, 2.24) is 15.6 Å². The highest BCUT2D eigenvalue weighted by atomic mass is 15.9. The van der Waals surface area contributed by atoms with E-state index < -0.39 is 0 Å². The molecular formula is C19H37N4+. The van der Waals surface area contributed by atoms with Crippen LogP contribution in [0, 0.1) is 0 Å². The molecule has 2 heterocycles. The van der Waals surface area contributed by atoms with E-state index in [9.17, 15) is 0 Å². The van der Waals surface area contributed by atoms with Gasteiger partial charge in [-0.05, 0) is 46.5 Å². The van der Waals surface area contributed by atoms with Crippen LogP contribution in [0.4, 0.5) is 0 Å². The SMILES string of the molecule is CC1NCC(C)[N+]2(C3CCCCC3)C1N[C@@H](C)N2C1CCCC1. The third-order valence-electron chi connectivity index (χ3n) is 7.43. The van der Waals surface area contributed by atoms with Crippen LogP contribution in [0.3, 0.4) is 0 Å². The number of rotatable bonds is 2. The van der Waals surface area contributed by atoms with Gasteiger partial charge in [-0.1, -0.05) is 19.3 Å². The Morgan fingerprint density at radius 2 is 1.52 bits per heavy atom. The molecule has 2 N–H and O–H groups in total. The van der Waals surface area contributed by atoms with Gasteiger partial charge in [-0.2, -0.15) is 0 Å². The van der Waals surface area contributed by atoms with E-state index in [4.69, 9.17) is 0 Å². The highest BCUT2D eigenvalue weighted by Crippen LogP contribution is 2.45. The highest BCUT2D eigenvalue weighted by Gasteiger charge is 2.64. The van der Waals surface area contributed by atoms with Gasteiger partial charge in [0.15, 0.2) is 6.17 Å². The van der Waals surface area contributed by atoms with Crippen molar-refractivity contribution in [2.24, 2.45) is 0 Å². The molecule has 4 unspecified atom stereocenters. The molecule has 2 saturated heterocycles. The van der Waals surface area contributed by atoms with Crippen molar-refractivity contribution in [3.05, 3.63) is 0 Å². The molecule has 0 aromatic heterocycles. The molecule has 5 atom stereocenters. The molecule has 4 rings (SSSR count). The maximum atomic E-state index is 4.04.